The third kappa shape index (κ3) is 3.88. The van der Waals surface area contributed by atoms with Crippen LogP contribution in [-0.4, -0.2) is 29.2 Å². The number of nitrogens with zero attached hydrogens (tertiary/aromatic N) is 1. The van der Waals surface area contributed by atoms with Gasteiger partial charge in [0.25, 0.3) is 0 Å². The Labute approximate surface area is 174 Å². The van der Waals surface area contributed by atoms with Crippen LogP contribution >= 0.6 is 0 Å². The molecule has 1 aromatic carbocycles. The van der Waals surface area contributed by atoms with Crippen molar-refractivity contribution in [2.45, 2.75) is 52.1 Å². The van der Waals surface area contributed by atoms with Gasteiger partial charge in [-0.25, -0.2) is 4.79 Å². The Hall–Kier alpha value is -2.96. The van der Waals surface area contributed by atoms with Crippen LogP contribution < -0.4 is 5.63 Å². The zero-order chi connectivity index (χ0) is 21.3. The molecule has 7 heteroatoms. The molecule has 2 fully saturated rings. The minimum Gasteiger partial charge on any atom is -0.461 e. The molecule has 1 aliphatic carbocycles. The molecule has 0 N–H and O–H groups in total. The number of carbonyl (C=O) groups is 3. The van der Waals surface area contributed by atoms with E-state index in [4.69, 9.17) is 9.15 Å². The van der Waals surface area contributed by atoms with E-state index < -0.39 is 11.6 Å². The zero-order valence-electron chi connectivity index (χ0n) is 17.0. The molecule has 2 heterocycles. The molecule has 2 atom stereocenters. The number of aryl methyl sites for hydroxylation is 1. The van der Waals surface area contributed by atoms with Crippen molar-refractivity contribution in [3.8, 4) is 0 Å². The van der Waals surface area contributed by atoms with Crippen LogP contribution in [-0.2, 0) is 32.1 Å². The first-order valence-corrected chi connectivity index (χ1v) is 10.5. The predicted molar refractivity (Wildman–Crippen MR) is 108 cm³/mol. The van der Waals surface area contributed by atoms with Gasteiger partial charge in [0.1, 0.15) is 12.2 Å². The minimum absolute atomic E-state index is 0.0427. The average Bonchev–Trinajstić information content (AvgIpc) is 3.00. The topological polar surface area (TPSA) is 93.9 Å². The summed E-state index contributed by atoms with van der Waals surface area (Å²) in [6, 6.07) is 6.92. The average molecular weight is 411 g/mol. The van der Waals surface area contributed by atoms with E-state index in [0.29, 0.717) is 16.5 Å². The first-order valence-electron chi connectivity index (χ1n) is 10.5. The fourth-order valence-electron chi connectivity index (χ4n) is 4.50. The smallest absolute Gasteiger partial charge is 0.336 e. The van der Waals surface area contributed by atoms with Gasteiger partial charge in [0.2, 0.25) is 11.8 Å². The van der Waals surface area contributed by atoms with Crippen LogP contribution in [0.5, 0.6) is 0 Å². The Bertz CT molecular complexity index is 1030. The maximum absolute atomic E-state index is 12.5. The standard InChI is InChI=1S/C23H25NO6/c1-2-14-7-8-16-15(12-21(26)30-19(16)11-14)13-29-20(25)9-10-24-22(27)17-5-3-4-6-18(17)23(24)28/h7-8,11-12,17-18H,2-6,9-10,13H2,1H3/t17-,18-/m0/s1. The van der Waals surface area contributed by atoms with E-state index >= 15 is 0 Å². The zero-order valence-corrected chi connectivity index (χ0v) is 17.0. The number of esters is 1. The van der Waals surface area contributed by atoms with Crippen LogP contribution in [0, 0.1) is 11.8 Å². The number of amides is 2. The van der Waals surface area contributed by atoms with Crippen LogP contribution in [0.4, 0.5) is 0 Å². The molecule has 2 aromatic rings. The molecule has 0 bridgehead atoms. The highest BCUT2D eigenvalue weighted by molar-refractivity contribution is 6.05. The van der Waals surface area contributed by atoms with Gasteiger partial charge in [-0.3, -0.25) is 19.3 Å². The number of benzene rings is 1. The van der Waals surface area contributed by atoms with Gasteiger partial charge in [-0.1, -0.05) is 31.9 Å². The molecule has 158 valence electrons. The highest BCUT2D eigenvalue weighted by Gasteiger charge is 2.47. The molecule has 4 rings (SSSR count). The van der Waals surface area contributed by atoms with E-state index in [1.165, 1.54) is 11.0 Å². The molecule has 0 unspecified atom stereocenters. The first-order chi connectivity index (χ1) is 14.5. The highest BCUT2D eigenvalue weighted by Crippen LogP contribution is 2.38. The number of carbonyl (C=O) groups excluding carboxylic acids is 3. The monoisotopic (exact) mass is 411 g/mol. The maximum atomic E-state index is 12.5. The van der Waals surface area contributed by atoms with Gasteiger partial charge in [0, 0.05) is 23.6 Å². The molecule has 1 aliphatic heterocycles. The second-order valence-electron chi connectivity index (χ2n) is 8.01. The fourth-order valence-corrected chi connectivity index (χ4v) is 4.50. The Kier molecular flexibility index (Phi) is 5.70. The highest BCUT2D eigenvalue weighted by atomic mass is 16.5. The SMILES string of the molecule is CCc1ccc2c(COC(=O)CCN3C(=O)[C@H]4CCCC[C@@H]4C3=O)cc(=O)oc2c1. The number of hydrogen-bond donors (Lipinski definition) is 0. The molecule has 7 nitrogen and oxygen atoms in total. The molecule has 0 radical (unpaired) electrons. The Morgan fingerprint density at radius 1 is 1.10 bits per heavy atom. The summed E-state index contributed by atoms with van der Waals surface area (Å²) < 4.78 is 10.6. The lowest BCUT2D eigenvalue weighted by Gasteiger charge is -2.19. The van der Waals surface area contributed by atoms with E-state index in [-0.39, 0.29) is 43.2 Å². The van der Waals surface area contributed by atoms with E-state index in [9.17, 15) is 19.2 Å². The van der Waals surface area contributed by atoms with Crippen molar-refractivity contribution in [1.29, 1.82) is 0 Å². The Morgan fingerprint density at radius 2 is 1.80 bits per heavy atom. The van der Waals surface area contributed by atoms with Crippen LogP contribution in [0.3, 0.4) is 0 Å². The van der Waals surface area contributed by atoms with Gasteiger partial charge in [-0.2, -0.15) is 0 Å². The van der Waals surface area contributed by atoms with E-state index in [2.05, 4.69) is 0 Å². The number of hydrogen-bond acceptors (Lipinski definition) is 6. The van der Waals surface area contributed by atoms with Crippen molar-refractivity contribution in [1.82, 2.24) is 4.90 Å². The van der Waals surface area contributed by atoms with Crippen LogP contribution in [0.2, 0.25) is 0 Å². The Balaban J connectivity index is 1.38. The maximum Gasteiger partial charge on any atom is 0.336 e. The van der Waals surface area contributed by atoms with Crippen LogP contribution in [0.1, 0.15) is 50.2 Å². The van der Waals surface area contributed by atoms with Gasteiger partial charge in [0.15, 0.2) is 0 Å². The third-order valence-electron chi connectivity index (χ3n) is 6.16. The number of imide groups is 1. The van der Waals surface area contributed by atoms with E-state index in [0.717, 1.165) is 37.7 Å². The van der Waals surface area contributed by atoms with E-state index in [1.54, 1.807) is 0 Å². The molecule has 1 aromatic heterocycles. The summed E-state index contributed by atoms with van der Waals surface area (Å²) in [7, 11) is 0. The molecule has 2 aliphatic rings. The fraction of sp³-hybridized carbons (Fsp3) is 0.478. The van der Waals surface area contributed by atoms with Crippen molar-refractivity contribution >= 4 is 28.8 Å². The molecule has 1 saturated carbocycles. The van der Waals surface area contributed by atoms with Gasteiger partial charge in [0.05, 0.1) is 18.3 Å². The second kappa shape index (κ2) is 8.42. The number of fused-ring (bicyclic) bond motifs is 2. The van der Waals surface area contributed by atoms with Crippen LogP contribution in [0.15, 0.2) is 33.5 Å². The number of likely N-dealkylation sites (tertiary alicyclic amines) is 1. The summed E-state index contributed by atoms with van der Waals surface area (Å²) in [5.41, 5.74) is 1.57. The quantitative estimate of drug-likeness (QED) is 0.412. The van der Waals surface area contributed by atoms with Crippen molar-refractivity contribution in [3.63, 3.8) is 0 Å². The largest absolute Gasteiger partial charge is 0.461 e. The first kappa shape index (κ1) is 20.3. The lowest BCUT2D eigenvalue weighted by atomic mass is 9.81. The summed E-state index contributed by atoms with van der Waals surface area (Å²) in [5, 5.41) is 0.716. The molecule has 2 amide bonds. The van der Waals surface area contributed by atoms with Crippen LogP contribution in [0.25, 0.3) is 11.0 Å². The Morgan fingerprint density at radius 3 is 2.47 bits per heavy atom. The lowest BCUT2D eigenvalue weighted by Crippen LogP contribution is -2.33. The third-order valence-corrected chi connectivity index (χ3v) is 6.16. The van der Waals surface area contributed by atoms with E-state index in [1.807, 2.05) is 25.1 Å². The van der Waals surface area contributed by atoms with Crippen molar-refractivity contribution in [3.05, 3.63) is 45.8 Å². The molecule has 0 spiro atoms. The molecule has 1 saturated heterocycles. The summed E-state index contributed by atoms with van der Waals surface area (Å²) in [6.45, 7) is 1.98. The van der Waals surface area contributed by atoms with Crippen molar-refractivity contribution < 1.29 is 23.5 Å². The second-order valence-corrected chi connectivity index (χ2v) is 8.01. The van der Waals surface area contributed by atoms with Gasteiger partial charge in [-0.15, -0.1) is 0 Å². The number of rotatable bonds is 6. The molecule has 30 heavy (non-hydrogen) atoms. The van der Waals surface area contributed by atoms with Crippen molar-refractivity contribution in [2.24, 2.45) is 11.8 Å². The summed E-state index contributed by atoms with van der Waals surface area (Å²) in [4.78, 5) is 50.3. The minimum atomic E-state index is -0.517. The molecular formula is C23H25NO6. The summed E-state index contributed by atoms with van der Waals surface area (Å²) in [6.07, 6.45) is 4.19. The normalized spacial score (nSPS) is 21.2. The predicted octanol–water partition coefficient (Wildman–Crippen LogP) is 2.96. The van der Waals surface area contributed by atoms with Gasteiger partial charge >= 0.3 is 11.6 Å². The number of ether oxygens (including phenoxy) is 1. The van der Waals surface area contributed by atoms with Crippen molar-refractivity contribution in [2.75, 3.05) is 6.54 Å². The summed E-state index contributed by atoms with van der Waals surface area (Å²) >= 11 is 0. The lowest BCUT2D eigenvalue weighted by molar-refractivity contribution is -0.146. The summed E-state index contributed by atoms with van der Waals surface area (Å²) in [5.74, 6) is -1.26. The van der Waals surface area contributed by atoms with Gasteiger partial charge < -0.3 is 9.15 Å². The molecular weight excluding hydrogens is 386 g/mol. The van der Waals surface area contributed by atoms with Gasteiger partial charge in [-0.05, 0) is 30.9 Å².